The lowest BCUT2D eigenvalue weighted by molar-refractivity contribution is -0.136. The van der Waals surface area contributed by atoms with Crippen LogP contribution in [0.15, 0.2) is 59.9 Å². The quantitative estimate of drug-likeness (QED) is 0.830. The van der Waals surface area contributed by atoms with Crippen LogP contribution in [0.3, 0.4) is 0 Å². The number of carboxylic acid groups (broad SMARTS) is 1. The Hall–Kier alpha value is -2.51. The monoisotopic (exact) mass is 268 g/mol. The molecule has 0 amide bonds. The SMILES string of the molecule is CCOc1cccc(C2=C(CC(=O)O)C=C=CC=C2)c1. The molecule has 1 aliphatic carbocycles. The van der Waals surface area contributed by atoms with Crippen LogP contribution in [-0.4, -0.2) is 17.7 Å². The van der Waals surface area contributed by atoms with Gasteiger partial charge in [-0.05, 0) is 47.9 Å². The van der Waals surface area contributed by atoms with E-state index in [1.165, 1.54) is 0 Å². The molecule has 0 heterocycles. The molecule has 2 rings (SSSR count). The second kappa shape index (κ2) is 6.60. The van der Waals surface area contributed by atoms with Crippen molar-refractivity contribution in [3.05, 3.63) is 65.4 Å². The van der Waals surface area contributed by atoms with Gasteiger partial charge in [0.25, 0.3) is 0 Å². The molecule has 102 valence electrons. The van der Waals surface area contributed by atoms with E-state index in [2.05, 4.69) is 5.73 Å². The summed E-state index contributed by atoms with van der Waals surface area (Å²) in [5, 5.41) is 9.02. The predicted octanol–water partition coefficient (Wildman–Crippen LogP) is 3.59. The highest BCUT2D eigenvalue weighted by Crippen LogP contribution is 2.27. The Kier molecular flexibility index (Phi) is 4.59. The van der Waals surface area contributed by atoms with Gasteiger partial charge >= 0.3 is 5.97 Å². The number of aliphatic carboxylic acids is 1. The first-order valence-corrected chi connectivity index (χ1v) is 6.48. The minimum Gasteiger partial charge on any atom is -0.494 e. The van der Waals surface area contributed by atoms with E-state index in [-0.39, 0.29) is 6.42 Å². The topological polar surface area (TPSA) is 46.5 Å². The highest BCUT2D eigenvalue weighted by molar-refractivity contribution is 5.84. The van der Waals surface area contributed by atoms with Crippen LogP contribution in [0, 0.1) is 0 Å². The normalized spacial score (nSPS) is 13.4. The standard InChI is InChI=1S/C17H16O3/c1-2-20-15-9-6-8-13(11-15)16-10-5-3-4-7-14(16)12-17(18)19/h3,5-11H,2,12H2,1H3,(H,18,19). The molecule has 0 unspecified atom stereocenters. The van der Waals surface area contributed by atoms with Gasteiger partial charge in [0, 0.05) is 0 Å². The van der Waals surface area contributed by atoms with Crippen molar-refractivity contribution in [2.45, 2.75) is 13.3 Å². The maximum atomic E-state index is 11.0. The second-order valence-corrected chi connectivity index (χ2v) is 4.31. The maximum Gasteiger partial charge on any atom is 0.307 e. The fourth-order valence-corrected chi connectivity index (χ4v) is 2.04. The number of rotatable bonds is 5. The molecule has 1 aromatic carbocycles. The largest absolute Gasteiger partial charge is 0.494 e. The third-order valence-corrected chi connectivity index (χ3v) is 2.86. The van der Waals surface area contributed by atoms with Crippen molar-refractivity contribution >= 4 is 11.5 Å². The Bertz CT molecular complexity index is 629. The Balaban J connectivity index is 2.45. The smallest absolute Gasteiger partial charge is 0.307 e. The molecule has 1 aliphatic rings. The van der Waals surface area contributed by atoms with E-state index in [1.54, 1.807) is 12.2 Å². The first-order chi connectivity index (χ1) is 9.70. The van der Waals surface area contributed by atoms with Crippen molar-refractivity contribution in [2.75, 3.05) is 6.61 Å². The maximum absolute atomic E-state index is 11.0. The first kappa shape index (κ1) is 13.9. The number of benzene rings is 1. The molecule has 0 aromatic heterocycles. The number of hydrogen-bond donors (Lipinski definition) is 1. The number of ether oxygens (including phenoxy) is 1. The van der Waals surface area contributed by atoms with E-state index in [9.17, 15) is 4.79 Å². The van der Waals surface area contributed by atoms with Crippen molar-refractivity contribution in [1.29, 1.82) is 0 Å². The molecular formula is C17H16O3. The highest BCUT2D eigenvalue weighted by atomic mass is 16.5. The number of carbonyl (C=O) groups is 1. The summed E-state index contributed by atoms with van der Waals surface area (Å²) in [4.78, 5) is 11.0. The molecule has 1 N–H and O–H groups in total. The van der Waals surface area contributed by atoms with Gasteiger partial charge in [0.15, 0.2) is 0 Å². The summed E-state index contributed by atoms with van der Waals surface area (Å²) >= 11 is 0. The lowest BCUT2D eigenvalue weighted by atomic mass is 9.97. The van der Waals surface area contributed by atoms with Gasteiger partial charge in [-0.15, -0.1) is 5.73 Å². The van der Waals surface area contributed by atoms with Gasteiger partial charge in [-0.3, -0.25) is 4.79 Å². The van der Waals surface area contributed by atoms with Crippen LogP contribution in [-0.2, 0) is 4.79 Å². The van der Waals surface area contributed by atoms with Gasteiger partial charge in [0.2, 0.25) is 0 Å². The Morgan fingerprint density at radius 3 is 3.00 bits per heavy atom. The van der Waals surface area contributed by atoms with E-state index >= 15 is 0 Å². The molecule has 20 heavy (non-hydrogen) atoms. The van der Waals surface area contributed by atoms with Crippen LogP contribution in [0.1, 0.15) is 18.9 Å². The molecule has 3 nitrogen and oxygen atoms in total. The third kappa shape index (κ3) is 3.50. The minimum absolute atomic E-state index is 0.0284. The Morgan fingerprint density at radius 2 is 2.25 bits per heavy atom. The molecule has 0 radical (unpaired) electrons. The summed E-state index contributed by atoms with van der Waals surface area (Å²) in [6.45, 7) is 2.53. The third-order valence-electron chi connectivity index (χ3n) is 2.86. The summed E-state index contributed by atoms with van der Waals surface area (Å²) in [5.74, 6) is -0.0754. The first-order valence-electron chi connectivity index (χ1n) is 6.48. The van der Waals surface area contributed by atoms with E-state index in [0.29, 0.717) is 6.61 Å². The van der Waals surface area contributed by atoms with Crippen molar-refractivity contribution in [3.63, 3.8) is 0 Å². The number of carboxylic acids is 1. The van der Waals surface area contributed by atoms with Gasteiger partial charge in [0.05, 0.1) is 13.0 Å². The average Bonchev–Trinajstić information content (AvgIpc) is 2.64. The summed E-state index contributed by atoms with van der Waals surface area (Å²) in [7, 11) is 0. The van der Waals surface area contributed by atoms with Gasteiger partial charge in [-0.2, -0.15) is 0 Å². The predicted molar refractivity (Wildman–Crippen MR) is 78.6 cm³/mol. The van der Waals surface area contributed by atoms with Crippen LogP contribution >= 0.6 is 0 Å². The summed E-state index contributed by atoms with van der Waals surface area (Å²) in [6, 6.07) is 7.66. The van der Waals surface area contributed by atoms with E-state index in [1.807, 2.05) is 43.3 Å². The zero-order chi connectivity index (χ0) is 14.4. The van der Waals surface area contributed by atoms with Gasteiger partial charge < -0.3 is 9.84 Å². The van der Waals surface area contributed by atoms with Crippen LogP contribution < -0.4 is 4.74 Å². The van der Waals surface area contributed by atoms with Crippen molar-refractivity contribution in [1.82, 2.24) is 0 Å². The molecule has 0 aliphatic heterocycles. The average molecular weight is 268 g/mol. The second-order valence-electron chi connectivity index (χ2n) is 4.31. The minimum atomic E-state index is -0.855. The highest BCUT2D eigenvalue weighted by Gasteiger charge is 2.10. The van der Waals surface area contributed by atoms with Gasteiger partial charge in [0.1, 0.15) is 5.75 Å². The lowest BCUT2D eigenvalue weighted by Gasteiger charge is -2.10. The summed E-state index contributed by atoms with van der Waals surface area (Å²) in [6.07, 6.45) is 7.21. The molecule has 1 aromatic rings. The molecule has 0 bridgehead atoms. The Labute approximate surface area is 118 Å². The van der Waals surface area contributed by atoms with Gasteiger partial charge in [-0.1, -0.05) is 24.3 Å². The van der Waals surface area contributed by atoms with E-state index in [0.717, 1.165) is 22.5 Å². The van der Waals surface area contributed by atoms with Crippen LogP contribution in [0.4, 0.5) is 0 Å². The number of hydrogen-bond acceptors (Lipinski definition) is 2. The zero-order valence-electron chi connectivity index (χ0n) is 11.3. The fraction of sp³-hybridized carbons (Fsp3) is 0.176. The van der Waals surface area contributed by atoms with Crippen LogP contribution in [0.5, 0.6) is 5.75 Å². The molecule has 3 heteroatoms. The molecule has 0 saturated heterocycles. The van der Waals surface area contributed by atoms with Crippen LogP contribution in [0.2, 0.25) is 0 Å². The molecule has 0 spiro atoms. The van der Waals surface area contributed by atoms with Crippen molar-refractivity contribution in [2.24, 2.45) is 0 Å². The van der Waals surface area contributed by atoms with Crippen LogP contribution in [0.25, 0.3) is 5.57 Å². The summed E-state index contributed by atoms with van der Waals surface area (Å²) < 4.78 is 5.49. The van der Waals surface area contributed by atoms with E-state index in [4.69, 9.17) is 9.84 Å². The molecule has 0 saturated carbocycles. The Morgan fingerprint density at radius 1 is 1.40 bits per heavy atom. The number of allylic oxidation sites excluding steroid dienone is 4. The van der Waals surface area contributed by atoms with Gasteiger partial charge in [-0.25, -0.2) is 0 Å². The van der Waals surface area contributed by atoms with Crippen molar-refractivity contribution < 1.29 is 14.6 Å². The van der Waals surface area contributed by atoms with Crippen molar-refractivity contribution in [3.8, 4) is 5.75 Å². The molecule has 0 atom stereocenters. The molecular weight excluding hydrogens is 252 g/mol. The fourth-order valence-electron chi connectivity index (χ4n) is 2.04. The van der Waals surface area contributed by atoms with E-state index < -0.39 is 5.97 Å². The molecule has 0 fully saturated rings. The summed E-state index contributed by atoms with van der Waals surface area (Å²) in [5.41, 5.74) is 5.51. The zero-order valence-corrected chi connectivity index (χ0v) is 11.3. The lowest BCUT2D eigenvalue weighted by Crippen LogP contribution is -1.98.